The van der Waals surface area contributed by atoms with E-state index in [1.165, 1.54) is 18.4 Å². The van der Waals surface area contributed by atoms with Crippen LogP contribution >= 0.6 is 0 Å². The summed E-state index contributed by atoms with van der Waals surface area (Å²) in [6.45, 7) is 2.26. The monoisotopic (exact) mass is 218 g/mol. The fourth-order valence-corrected chi connectivity index (χ4v) is 2.22. The number of hydrogen-bond acceptors (Lipinski definition) is 2. The number of nitrogens with two attached hydrogens (primary N) is 1. The lowest BCUT2D eigenvalue weighted by molar-refractivity contribution is 0.100. The topological polar surface area (TPSA) is 55.1 Å². The van der Waals surface area contributed by atoms with Crippen molar-refractivity contribution in [3.63, 3.8) is 0 Å². The van der Waals surface area contributed by atoms with Gasteiger partial charge in [-0.2, -0.15) is 0 Å². The Bertz CT molecular complexity index is 353. The second-order valence-corrected chi connectivity index (χ2v) is 4.46. The number of piperidine rings is 1. The highest BCUT2D eigenvalue weighted by atomic mass is 16.1. The Kier molecular flexibility index (Phi) is 3.57. The number of hydrogen-bond donors (Lipinski definition) is 2. The summed E-state index contributed by atoms with van der Waals surface area (Å²) in [5.41, 5.74) is 7.10. The molecule has 0 spiro atoms. The summed E-state index contributed by atoms with van der Waals surface area (Å²) < 4.78 is 0. The molecule has 1 saturated heterocycles. The molecule has 3 heteroatoms. The first kappa shape index (κ1) is 11.1. The van der Waals surface area contributed by atoms with Crippen LogP contribution in [0.3, 0.4) is 0 Å². The smallest absolute Gasteiger partial charge is 0.248 e. The minimum absolute atomic E-state index is 0.353. The summed E-state index contributed by atoms with van der Waals surface area (Å²) in [7, 11) is 0. The standard InChI is InChI=1S/C13H18N2O/c14-13(16)12-3-1-10(2-4-12)9-11-5-7-15-8-6-11/h1-4,11,15H,5-9H2,(H2,14,16). The third-order valence-electron chi connectivity index (χ3n) is 3.22. The van der Waals surface area contributed by atoms with E-state index in [9.17, 15) is 4.79 Å². The van der Waals surface area contributed by atoms with Gasteiger partial charge in [0, 0.05) is 5.56 Å². The summed E-state index contributed by atoms with van der Waals surface area (Å²) in [6, 6.07) is 7.67. The molecule has 0 radical (unpaired) electrons. The van der Waals surface area contributed by atoms with Gasteiger partial charge in [0.2, 0.25) is 5.91 Å². The van der Waals surface area contributed by atoms with Gasteiger partial charge in [-0.25, -0.2) is 0 Å². The van der Waals surface area contributed by atoms with Crippen LogP contribution < -0.4 is 11.1 Å². The molecule has 86 valence electrons. The van der Waals surface area contributed by atoms with Crippen molar-refractivity contribution in [3.05, 3.63) is 35.4 Å². The molecule has 1 aromatic carbocycles. The lowest BCUT2D eigenvalue weighted by atomic mass is 9.91. The van der Waals surface area contributed by atoms with Gasteiger partial charge in [0.25, 0.3) is 0 Å². The van der Waals surface area contributed by atoms with E-state index in [1.807, 2.05) is 24.3 Å². The van der Waals surface area contributed by atoms with Crippen LogP contribution in [0.25, 0.3) is 0 Å². The molecule has 0 aromatic heterocycles. The molecule has 2 rings (SSSR count). The first-order chi connectivity index (χ1) is 7.75. The van der Waals surface area contributed by atoms with Gasteiger partial charge in [0.1, 0.15) is 0 Å². The van der Waals surface area contributed by atoms with Gasteiger partial charge < -0.3 is 11.1 Å². The minimum Gasteiger partial charge on any atom is -0.366 e. The molecule has 1 fully saturated rings. The molecular formula is C13H18N2O. The van der Waals surface area contributed by atoms with E-state index in [2.05, 4.69) is 5.32 Å². The molecule has 3 nitrogen and oxygen atoms in total. The molecule has 1 aromatic rings. The third kappa shape index (κ3) is 2.83. The van der Waals surface area contributed by atoms with Crippen molar-refractivity contribution in [2.24, 2.45) is 11.7 Å². The second-order valence-electron chi connectivity index (χ2n) is 4.46. The summed E-state index contributed by atoms with van der Waals surface area (Å²) in [6.07, 6.45) is 3.61. The predicted octanol–water partition coefficient (Wildman–Crippen LogP) is 1.33. The number of nitrogens with one attached hydrogen (secondary N) is 1. The van der Waals surface area contributed by atoms with Crippen LogP contribution in [-0.2, 0) is 6.42 Å². The summed E-state index contributed by atoms with van der Waals surface area (Å²) >= 11 is 0. The molecule has 3 N–H and O–H groups in total. The molecule has 0 unspecified atom stereocenters. The van der Waals surface area contributed by atoms with Gasteiger partial charge in [-0.1, -0.05) is 12.1 Å². The van der Waals surface area contributed by atoms with Crippen molar-refractivity contribution in [3.8, 4) is 0 Å². The number of amides is 1. The Labute approximate surface area is 96.0 Å². The van der Waals surface area contributed by atoms with Crippen LogP contribution in [-0.4, -0.2) is 19.0 Å². The van der Waals surface area contributed by atoms with E-state index in [-0.39, 0.29) is 5.91 Å². The van der Waals surface area contributed by atoms with Crippen LogP contribution in [0.2, 0.25) is 0 Å². The van der Waals surface area contributed by atoms with Crippen molar-refractivity contribution in [2.75, 3.05) is 13.1 Å². The number of rotatable bonds is 3. The quantitative estimate of drug-likeness (QED) is 0.804. The molecular weight excluding hydrogens is 200 g/mol. The Hall–Kier alpha value is -1.35. The van der Waals surface area contributed by atoms with Gasteiger partial charge in [-0.3, -0.25) is 4.79 Å². The number of carbonyl (C=O) groups is 1. The average molecular weight is 218 g/mol. The number of benzene rings is 1. The molecule has 16 heavy (non-hydrogen) atoms. The Morgan fingerprint density at radius 2 is 1.88 bits per heavy atom. The molecule has 0 atom stereocenters. The lowest BCUT2D eigenvalue weighted by Gasteiger charge is -2.22. The first-order valence-electron chi connectivity index (χ1n) is 5.85. The average Bonchev–Trinajstić information content (AvgIpc) is 2.31. The van der Waals surface area contributed by atoms with Crippen molar-refractivity contribution < 1.29 is 4.79 Å². The van der Waals surface area contributed by atoms with Crippen LogP contribution in [0.5, 0.6) is 0 Å². The maximum atomic E-state index is 10.9. The SMILES string of the molecule is NC(=O)c1ccc(CC2CCNCC2)cc1. The molecule has 1 heterocycles. The number of carbonyl (C=O) groups excluding carboxylic acids is 1. The zero-order valence-electron chi connectivity index (χ0n) is 9.41. The highest BCUT2D eigenvalue weighted by molar-refractivity contribution is 5.92. The normalized spacial score (nSPS) is 17.2. The fourth-order valence-electron chi connectivity index (χ4n) is 2.22. The van der Waals surface area contributed by atoms with Gasteiger partial charge in [0.05, 0.1) is 0 Å². The maximum absolute atomic E-state index is 10.9. The number of primary amides is 1. The van der Waals surface area contributed by atoms with Crippen LogP contribution in [0.1, 0.15) is 28.8 Å². The second kappa shape index (κ2) is 5.12. The Morgan fingerprint density at radius 3 is 2.44 bits per heavy atom. The van der Waals surface area contributed by atoms with E-state index < -0.39 is 0 Å². The van der Waals surface area contributed by atoms with E-state index in [4.69, 9.17) is 5.73 Å². The summed E-state index contributed by atoms with van der Waals surface area (Å²) in [5.74, 6) is 0.425. The van der Waals surface area contributed by atoms with E-state index in [0.29, 0.717) is 5.56 Å². The Balaban J connectivity index is 1.96. The molecule has 0 saturated carbocycles. The van der Waals surface area contributed by atoms with Gasteiger partial charge >= 0.3 is 0 Å². The van der Waals surface area contributed by atoms with Crippen molar-refractivity contribution in [2.45, 2.75) is 19.3 Å². The van der Waals surface area contributed by atoms with Crippen molar-refractivity contribution >= 4 is 5.91 Å². The van der Waals surface area contributed by atoms with Crippen LogP contribution in [0.4, 0.5) is 0 Å². The maximum Gasteiger partial charge on any atom is 0.248 e. The van der Waals surface area contributed by atoms with Crippen molar-refractivity contribution in [1.29, 1.82) is 0 Å². The third-order valence-corrected chi connectivity index (χ3v) is 3.22. The van der Waals surface area contributed by atoms with Crippen molar-refractivity contribution in [1.82, 2.24) is 5.32 Å². The van der Waals surface area contributed by atoms with Gasteiger partial charge in [-0.15, -0.1) is 0 Å². The van der Waals surface area contributed by atoms with E-state index in [1.54, 1.807) is 0 Å². The highest BCUT2D eigenvalue weighted by Crippen LogP contribution is 2.18. The summed E-state index contributed by atoms with van der Waals surface area (Å²) in [4.78, 5) is 10.9. The van der Waals surface area contributed by atoms with Crippen LogP contribution in [0, 0.1) is 5.92 Å². The molecule has 0 bridgehead atoms. The first-order valence-corrected chi connectivity index (χ1v) is 5.85. The summed E-state index contributed by atoms with van der Waals surface area (Å²) in [5, 5.41) is 3.36. The van der Waals surface area contributed by atoms with E-state index in [0.717, 1.165) is 25.4 Å². The molecule has 1 amide bonds. The zero-order valence-corrected chi connectivity index (χ0v) is 9.41. The fraction of sp³-hybridized carbons (Fsp3) is 0.462. The van der Waals surface area contributed by atoms with Crippen LogP contribution in [0.15, 0.2) is 24.3 Å². The van der Waals surface area contributed by atoms with E-state index >= 15 is 0 Å². The largest absolute Gasteiger partial charge is 0.366 e. The predicted molar refractivity (Wildman–Crippen MR) is 64.3 cm³/mol. The lowest BCUT2D eigenvalue weighted by Crippen LogP contribution is -2.28. The Morgan fingerprint density at radius 1 is 1.25 bits per heavy atom. The highest BCUT2D eigenvalue weighted by Gasteiger charge is 2.13. The molecule has 0 aliphatic carbocycles. The van der Waals surface area contributed by atoms with Gasteiger partial charge in [-0.05, 0) is 56.0 Å². The minimum atomic E-state index is -0.353. The zero-order chi connectivity index (χ0) is 11.4. The molecule has 1 aliphatic heterocycles. The van der Waals surface area contributed by atoms with Gasteiger partial charge in [0.15, 0.2) is 0 Å². The molecule has 1 aliphatic rings.